The topological polar surface area (TPSA) is 104 Å². The van der Waals surface area contributed by atoms with E-state index in [0.717, 1.165) is 12.0 Å². The number of aromatic hydroxyl groups is 1. The lowest BCUT2D eigenvalue weighted by Crippen LogP contribution is -2.06. The minimum Gasteiger partial charge on any atom is -0.508 e. The number of fused-ring (bicyclic) bond motifs is 1. The van der Waals surface area contributed by atoms with Crippen LogP contribution in [0, 0.1) is 0 Å². The van der Waals surface area contributed by atoms with Crippen LogP contribution in [0.1, 0.15) is 12.1 Å². The number of benzene rings is 1. The highest BCUT2D eigenvalue weighted by Gasteiger charge is 2.17. The van der Waals surface area contributed by atoms with Crippen molar-refractivity contribution in [2.45, 2.75) is 6.42 Å². The molecule has 1 aliphatic heterocycles. The number of nitrogens with one attached hydrogen (secondary N) is 2. The monoisotopic (exact) mass is 310 g/mol. The Balaban J connectivity index is 1.96. The number of H-pyrrole nitrogens is 2. The number of hydrogen-bond acceptors (Lipinski definition) is 5. The molecule has 1 aromatic carbocycles. The first-order chi connectivity index (χ1) is 11.2. The molecule has 1 aliphatic rings. The van der Waals surface area contributed by atoms with E-state index in [1.165, 1.54) is 0 Å². The van der Waals surface area contributed by atoms with Crippen LogP contribution in [0.15, 0.2) is 35.1 Å². The van der Waals surface area contributed by atoms with Crippen LogP contribution in [-0.4, -0.2) is 38.3 Å². The Bertz CT molecular complexity index is 971. The summed E-state index contributed by atoms with van der Waals surface area (Å²) in [5.74, 6) is 0.589. The van der Waals surface area contributed by atoms with Gasteiger partial charge in [0.1, 0.15) is 11.3 Å². The third kappa shape index (κ3) is 2.51. The summed E-state index contributed by atoms with van der Waals surface area (Å²) in [4.78, 5) is 26.1. The average Bonchev–Trinajstić information content (AvgIpc) is 2.95. The van der Waals surface area contributed by atoms with E-state index in [9.17, 15) is 9.90 Å². The molecule has 0 radical (unpaired) electrons. The Morgan fingerprint density at radius 3 is 2.91 bits per heavy atom. The second-order valence-corrected chi connectivity index (χ2v) is 5.30. The Hall–Kier alpha value is -2.93. The largest absolute Gasteiger partial charge is 0.508 e. The SMILES string of the molecule is O=c1[nH]c2nc(-c3cccc(O)c3)nc(C3=CCOCC3)c2[nH]1. The van der Waals surface area contributed by atoms with Gasteiger partial charge < -0.3 is 14.8 Å². The number of phenols is 1. The summed E-state index contributed by atoms with van der Waals surface area (Å²) in [6, 6.07) is 6.72. The van der Waals surface area contributed by atoms with Gasteiger partial charge in [0.05, 0.1) is 18.9 Å². The molecule has 7 heteroatoms. The summed E-state index contributed by atoms with van der Waals surface area (Å²) in [5, 5.41) is 9.66. The maximum atomic E-state index is 11.7. The Kier molecular flexibility index (Phi) is 3.20. The predicted octanol–water partition coefficient (Wildman–Crippen LogP) is 1.82. The summed E-state index contributed by atoms with van der Waals surface area (Å²) < 4.78 is 5.34. The van der Waals surface area contributed by atoms with Crippen molar-refractivity contribution < 1.29 is 9.84 Å². The van der Waals surface area contributed by atoms with Gasteiger partial charge in [-0.15, -0.1) is 0 Å². The highest BCUT2D eigenvalue weighted by atomic mass is 16.5. The molecule has 116 valence electrons. The van der Waals surface area contributed by atoms with Gasteiger partial charge in [-0.05, 0) is 24.1 Å². The lowest BCUT2D eigenvalue weighted by atomic mass is 10.1. The smallest absolute Gasteiger partial charge is 0.325 e. The van der Waals surface area contributed by atoms with E-state index in [1.807, 2.05) is 12.1 Å². The molecular formula is C16H14N4O3. The predicted molar refractivity (Wildman–Crippen MR) is 85.0 cm³/mol. The number of rotatable bonds is 2. The molecule has 0 bridgehead atoms. The minimum absolute atomic E-state index is 0.139. The molecule has 0 atom stereocenters. The van der Waals surface area contributed by atoms with Crippen molar-refractivity contribution in [3.8, 4) is 17.1 Å². The summed E-state index contributed by atoms with van der Waals surface area (Å²) in [5.41, 5.74) is 3.10. The number of aromatic nitrogens is 4. The maximum absolute atomic E-state index is 11.7. The molecule has 0 saturated heterocycles. The van der Waals surface area contributed by atoms with Crippen molar-refractivity contribution >= 4 is 16.7 Å². The first-order valence-electron chi connectivity index (χ1n) is 7.27. The highest BCUT2D eigenvalue weighted by molar-refractivity contribution is 5.86. The van der Waals surface area contributed by atoms with Gasteiger partial charge in [0.15, 0.2) is 11.5 Å². The molecular weight excluding hydrogens is 296 g/mol. The molecule has 0 spiro atoms. The number of imidazole rings is 1. The Morgan fingerprint density at radius 2 is 2.13 bits per heavy atom. The van der Waals surface area contributed by atoms with Crippen LogP contribution in [-0.2, 0) is 4.74 Å². The second kappa shape index (κ2) is 5.36. The molecule has 0 saturated carbocycles. The van der Waals surface area contributed by atoms with Crippen LogP contribution in [0.5, 0.6) is 5.75 Å². The van der Waals surface area contributed by atoms with E-state index in [-0.39, 0.29) is 11.4 Å². The lowest BCUT2D eigenvalue weighted by molar-refractivity contribution is 0.161. The van der Waals surface area contributed by atoms with Crippen molar-refractivity contribution in [3.05, 3.63) is 46.5 Å². The molecule has 0 amide bonds. The van der Waals surface area contributed by atoms with Gasteiger partial charge >= 0.3 is 5.69 Å². The van der Waals surface area contributed by atoms with Gasteiger partial charge in [0.2, 0.25) is 0 Å². The average molecular weight is 310 g/mol. The van der Waals surface area contributed by atoms with Gasteiger partial charge in [0, 0.05) is 5.56 Å². The molecule has 0 aliphatic carbocycles. The first kappa shape index (κ1) is 13.7. The van der Waals surface area contributed by atoms with Gasteiger partial charge in [-0.3, -0.25) is 4.98 Å². The zero-order valence-electron chi connectivity index (χ0n) is 12.2. The molecule has 0 unspecified atom stereocenters. The summed E-state index contributed by atoms with van der Waals surface area (Å²) >= 11 is 0. The fourth-order valence-corrected chi connectivity index (χ4v) is 2.67. The molecule has 7 nitrogen and oxygen atoms in total. The first-order valence-corrected chi connectivity index (χ1v) is 7.27. The van der Waals surface area contributed by atoms with Crippen LogP contribution in [0.4, 0.5) is 0 Å². The van der Waals surface area contributed by atoms with Gasteiger partial charge in [-0.2, -0.15) is 0 Å². The zero-order valence-corrected chi connectivity index (χ0v) is 12.2. The third-order valence-electron chi connectivity index (χ3n) is 3.75. The molecule has 23 heavy (non-hydrogen) atoms. The van der Waals surface area contributed by atoms with E-state index >= 15 is 0 Å². The summed E-state index contributed by atoms with van der Waals surface area (Å²) in [6.45, 7) is 1.14. The van der Waals surface area contributed by atoms with E-state index in [0.29, 0.717) is 41.5 Å². The lowest BCUT2D eigenvalue weighted by Gasteiger charge is -2.14. The van der Waals surface area contributed by atoms with Crippen LogP contribution in [0.3, 0.4) is 0 Å². The van der Waals surface area contributed by atoms with E-state index in [4.69, 9.17) is 4.74 Å². The number of ether oxygens (including phenoxy) is 1. The van der Waals surface area contributed by atoms with E-state index < -0.39 is 0 Å². The van der Waals surface area contributed by atoms with Gasteiger partial charge in [0.25, 0.3) is 0 Å². The molecule has 3 aromatic rings. The van der Waals surface area contributed by atoms with Crippen molar-refractivity contribution in [2.24, 2.45) is 0 Å². The Morgan fingerprint density at radius 1 is 1.22 bits per heavy atom. The third-order valence-corrected chi connectivity index (χ3v) is 3.75. The van der Waals surface area contributed by atoms with Crippen LogP contribution in [0.2, 0.25) is 0 Å². The van der Waals surface area contributed by atoms with Gasteiger partial charge in [-0.1, -0.05) is 18.2 Å². The molecule has 0 fully saturated rings. The summed E-state index contributed by atoms with van der Waals surface area (Å²) in [6.07, 6.45) is 2.68. The van der Waals surface area contributed by atoms with Crippen LogP contribution in [0.25, 0.3) is 28.1 Å². The summed E-state index contributed by atoms with van der Waals surface area (Å²) in [7, 11) is 0. The highest BCUT2D eigenvalue weighted by Crippen LogP contribution is 2.28. The minimum atomic E-state index is -0.323. The standard InChI is InChI=1S/C16H14N4O3/c21-11-3-1-2-10(8-11)14-17-12(9-4-6-23-7-5-9)13-15(19-14)20-16(22)18-13/h1-4,8,21H,5-7H2,(H2,17,18,19,20,22). The van der Waals surface area contributed by atoms with Gasteiger partial charge in [-0.25, -0.2) is 14.8 Å². The molecule has 3 N–H and O–H groups in total. The van der Waals surface area contributed by atoms with Crippen LogP contribution >= 0.6 is 0 Å². The molecule has 3 heterocycles. The number of phenolic OH excluding ortho intramolecular Hbond substituents is 1. The zero-order chi connectivity index (χ0) is 15.8. The van der Waals surface area contributed by atoms with Crippen molar-refractivity contribution in [2.75, 3.05) is 13.2 Å². The fourth-order valence-electron chi connectivity index (χ4n) is 2.67. The second-order valence-electron chi connectivity index (χ2n) is 5.30. The quantitative estimate of drug-likeness (QED) is 0.670. The van der Waals surface area contributed by atoms with Crippen molar-refractivity contribution in [1.29, 1.82) is 0 Å². The van der Waals surface area contributed by atoms with Crippen LogP contribution < -0.4 is 5.69 Å². The maximum Gasteiger partial charge on any atom is 0.325 e. The molecule has 2 aromatic heterocycles. The molecule has 4 rings (SSSR count). The number of nitrogens with zero attached hydrogens (tertiary/aromatic N) is 2. The number of hydrogen-bond donors (Lipinski definition) is 3. The normalized spacial score (nSPS) is 14.9. The van der Waals surface area contributed by atoms with Crippen molar-refractivity contribution in [1.82, 2.24) is 19.9 Å². The van der Waals surface area contributed by atoms with E-state index in [2.05, 4.69) is 19.9 Å². The fraction of sp³-hybridized carbons (Fsp3) is 0.188. The number of aromatic amines is 2. The Labute approximate surface area is 130 Å². The van der Waals surface area contributed by atoms with Crippen molar-refractivity contribution in [3.63, 3.8) is 0 Å². The van der Waals surface area contributed by atoms with E-state index in [1.54, 1.807) is 18.2 Å².